The largest absolute Gasteiger partial charge is 0.493 e. The molecule has 134 valence electrons. The zero-order valence-electron chi connectivity index (χ0n) is 13.3. The van der Waals surface area contributed by atoms with E-state index in [0.29, 0.717) is 24.5 Å². The number of carbonyl (C=O) groups is 1. The van der Waals surface area contributed by atoms with Gasteiger partial charge in [0.1, 0.15) is 10.8 Å². The summed E-state index contributed by atoms with van der Waals surface area (Å²) in [7, 11) is 3.13. The third-order valence-electron chi connectivity index (χ3n) is 3.35. The van der Waals surface area contributed by atoms with Gasteiger partial charge in [0.2, 0.25) is 0 Å². The van der Waals surface area contributed by atoms with Crippen LogP contribution in [0.4, 0.5) is 0 Å². The van der Waals surface area contributed by atoms with Crippen molar-refractivity contribution in [2.24, 2.45) is 0 Å². The van der Waals surface area contributed by atoms with E-state index in [1.807, 2.05) is 12.1 Å². The van der Waals surface area contributed by atoms with Crippen molar-refractivity contribution in [3.05, 3.63) is 49.7 Å². The van der Waals surface area contributed by atoms with Crippen LogP contribution in [0.15, 0.2) is 18.2 Å². The maximum absolute atomic E-state index is 12.2. The number of nitrogens with one attached hydrogen (secondary N) is 1. The predicted octanol–water partition coefficient (Wildman–Crippen LogP) is 4.68. The Labute approximate surface area is 165 Å². The number of benzene rings is 1. The minimum absolute atomic E-state index is 0.00614. The van der Waals surface area contributed by atoms with Crippen molar-refractivity contribution >= 4 is 52.3 Å². The van der Waals surface area contributed by atoms with Crippen LogP contribution in [-0.4, -0.2) is 31.7 Å². The Balaban J connectivity index is 2.04. The zero-order valence-corrected chi connectivity index (χ0v) is 16.4. The number of hydrogen-bond donors (Lipinski definition) is 1. The van der Waals surface area contributed by atoms with E-state index in [9.17, 15) is 4.79 Å². The molecule has 1 N–H and O–H groups in total. The lowest BCUT2D eigenvalue weighted by molar-refractivity contribution is 0.0949. The molecule has 9 heteroatoms. The Hall–Kier alpha value is -1.40. The van der Waals surface area contributed by atoms with E-state index in [4.69, 9.17) is 55.9 Å². The van der Waals surface area contributed by atoms with Crippen LogP contribution in [-0.2, 0) is 6.42 Å². The molecule has 0 radical (unpaired) electrons. The number of amides is 1. The summed E-state index contributed by atoms with van der Waals surface area (Å²) in [6, 6.07) is 5.52. The van der Waals surface area contributed by atoms with Crippen molar-refractivity contribution in [3.63, 3.8) is 0 Å². The van der Waals surface area contributed by atoms with Crippen molar-refractivity contribution in [1.82, 2.24) is 10.3 Å². The molecule has 0 aliphatic rings. The van der Waals surface area contributed by atoms with Crippen LogP contribution in [0.25, 0.3) is 0 Å². The molecule has 25 heavy (non-hydrogen) atoms. The molecule has 0 spiro atoms. The van der Waals surface area contributed by atoms with E-state index in [2.05, 4.69) is 10.3 Å². The Morgan fingerprint density at radius 1 is 1.04 bits per heavy atom. The average molecular weight is 424 g/mol. The number of halogens is 4. The second kappa shape index (κ2) is 8.81. The minimum Gasteiger partial charge on any atom is -0.493 e. The maximum atomic E-state index is 12.2. The molecule has 0 atom stereocenters. The molecule has 0 unspecified atom stereocenters. The number of rotatable bonds is 6. The SMILES string of the molecule is COc1ccc(CCNC(=O)c2nc(Cl)c(Cl)c(Cl)c2Cl)cc1OC. The third-order valence-corrected chi connectivity index (χ3v) is 5.02. The molecule has 0 aliphatic carbocycles. The number of aromatic nitrogens is 1. The van der Waals surface area contributed by atoms with Gasteiger partial charge >= 0.3 is 0 Å². The molecule has 0 bridgehead atoms. The van der Waals surface area contributed by atoms with Crippen molar-refractivity contribution < 1.29 is 14.3 Å². The van der Waals surface area contributed by atoms with Crippen LogP contribution >= 0.6 is 46.4 Å². The molecule has 1 aromatic heterocycles. The Morgan fingerprint density at radius 3 is 2.36 bits per heavy atom. The number of hydrogen-bond acceptors (Lipinski definition) is 4. The van der Waals surface area contributed by atoms with Crippen molar-refractivity contribution in [2.45, 2.75) is 6.42 Å². The lowest BCUT2D eigenvalue weighted by Crippen LogP contribution is -2.27. The van der Waals surface area contributed by atoms with Gasteiger partial charge in [-0.1, -0.05) is 52.5 Å². The first-order valence-electron chi connectivity index (χ1n) is 7.08. The summed E-state index contributed by atoms with van der Waals surface area (Å²) in [4.78, 5) is 16.1. The molecule has 2 aromatic rings. The topological polar surface area (TPSA) is 60.5 Å². The number of ether oxygens (including phenoxy) is 2. The maximum Gasteiger partial charge on any atom is 0.271 e. The number of pyridine rings is 1. The third kappa shape index (κ3) is 4.61. The van der Waals surface area contributed by atoms with E-state index in [1.54, 1.807) is 20.3 Å². The van der Waals surface area contributed by atoms with Gasteiger partial charge in [-0.25, -0.2) is 4.98 Å². The van der Waals surface area contributed by atoms with Gasteiger partial charge in [0.15, 0.2) is 11.5 Å². The molecule has 5 nitrogen and oxygen atoms in total. The van der Waals surface area contributed by atoms with Crippen LogP contribution in [0, 0.1) is 0 Å². The Morgan fingerprint density at radius 2 is 1.72 bits per heavy atom. The van der Waals surface area contributed by atoms with Gasteiger partial charge < -0.3 is 14.8 Å². The molecule has 0 aliphatic heterocycles. The first-order valence-corrected chi connectivity index (χ1v) is 8.59. The van der Waals surface area contributed by atoms with Crippen LogP contribution in [0.1, 0.15) is 16.1 Å². The second-order valence-corrected chi connectivity index (χ2v) is 6.38. The Kier molecular flexibility index (Phi) is 7.02. The van der Waals surface area contributed by atoms with E-state index in [1.165, 1.54) is 0 Å². The molecule has 1 aromatic carbocycles. The number of nitrogens with zero attached hydrogens (tertiary/aromatic N) is 1. The summed E-state index contributed by atoms with van der Waals surface area (Å²) >= 11 is 23.6. The smallest absolute Gasteiger partial charge is 0.271 e. The zero-order chi connectivity index (χ0) is 18.6. The van der Waals surface area contributed by atoms with Gasteiger partial charge in [0, 0.05) is 6.54 Å². The molecular formula is C16H14Cl4N2O3. The lowest BCUT2D eigenvalue weighted by atomic mass is 10.1. The summed E-state index contributed by atoms with van der Waals surface area (Å²) in [5.41, 5.74) is 0.887. The fraction of sp³-hybridized carbons (Fsp3) is 0.250. The van der Waals surface area contributed by atoms with Crippen LogP contribution in [0.3, 0.4) is 0 Å². The highest BCUT2D eigenvalue weighted by atomic mass is 35.5. The Bertz CT molecular complexity index is 799. The highest BCUT2D eigenvalue weighted by molar-refractivity contribution is 6.52. The fourth-order valence-corrected chi connectivity index (χ4v) is 2.89. The first-order chi connectivity index (χ1) is 11.9. The second-order valence-electron chi connectivity index (χ2n) is 4.89. The standard InChI is InChI=1S/C16H14Cl4N2O3/c1-24-9-4-3-8(7-10(9)25-2)5-6-21-16(23)14-12(18)11(17)13(19)15(20)22-14/h3-4,7H,5-6H2,1-2H3,(H,21,23). The van der Waals surface area contributed by atoms with Crippen LogP contribution < -0.4 is 14.8 Å². The van der Waals surface area contributed by atoms with Gasteiger partial charge in [0.25, 0.3) is 5.91 Å². The van der Waals surface area contributed by atoms with Gasteiger partial charge in [-0.2, -0.15) is 0 Å². The van der Waals surface area contributed by atoms with Crippen molar-refractivity contribution in [1.29, 1.82) is 0 Å². The molecule has 1 amide bonds. The number of carbonyl (C=O) groups excluding carboxylic acids is 1. The molecule has 0 saturated heterocycles. The summed E-state index contributed by atoms with van der Waals surface area (Å²) in [5, 5.41) is 2.59. The lowest BCUT2D eigenvalue weighted by Gasteiger charge is -2.11. The highest BCUT2D eigenvalue weighted by Crippen LogP contribution is 2.36. The summed E-state index contributed by atoms with van der Waals surface area (Å²) in [5.74, 6) is 0.759. The predicted molar refractivity (Wildman–Crippen MR) is 99.9 cm³/mol. The first kappa shape index (κ1) is 19.9. The molecule has 2 rings (SSSR count). The van der Waals surface area contributed by atoms with E-state index in [0.717, 1.165) is 5.56 Å². The van der Waals surface area contributed by atoms with Gasteiger partial charge in [-0.05, 0) is 24.1 Å². The molecule has 1 heterocycles. The highest BCUT2D eigenvalue weighted by Gasteiger charge is 2.20. The fourth-order valence-electron chi connectivity index (χ4n) is 2.08. The average Bonchev–Trinajstić information content (AvgIpc) is 2.62. The molecule has 0 fully saturated rings. The summed E-state index contributed by atoms with van der Waals surface area (Å²) in [6.07, 6.45) is 0.568. The molecule has 0 saturated carbocycles. The summed E-state index contributed by atoms with van der Waals surface area (Å²) < 4.78 is 10.4. The number of methoxy groups -OCH3 is 2. The monoisotopic (exact) mass is 422 g/mol. The summed E-state index contributed by atoms with van der Waals surface area (Å²) in [6.45, 7) is 0.351. The normalized spacial score (nSPS) is 10.5. The van der Waals surface area contributed by atoms with Gasteiger partial charge in [-0.15, -0.1) is 0 Å². The quantitative estimate of drug-likeness (QED) is 0.685. The van der Waals surface area contributed by atoms with Crippen LogP contribution in [0.2, 0.25) is 20.2 Å². The molecular weight excluding hydrogens is 410 g/mol. The van der Waals surface area contributed by atoms with Crippen molar-refractivity contribution in [3.8, 4) is 11.5 Å². The van der Waals surface area contributed by atoms with Gasteiger partial charge in [0.05, 0.1) is 29.3 Å². The minimum atomic E-state index is -0.494. The van der Waals surface area contributed by atoms with Crippen molar-refractivity contribution in [2.75, 3.05) is 20.8 Å². The van der Waals surface area contributed by atoms with E-state index in [-0.39, 0.29) is 25.9 Å². The van der Waals surface area contributed by atoms with E-state index < -0.39 is 5.91 Å². The van der Waals surface area contributed by atoms with Crippen LogP contribution in [0.5, 0.6) is 11.5 Å². The van der Waals surface area contributed by atoms with Gasteiger partial charge in [-0.3, -0.25) is 4.79 Å². The van der Waals surface area contributed by atoms with E-state index >= 15 is 0 Å².